The van der Waals surface area contributed by atoms with E-state index < -0.39 is 24.0 Å². The molecule has 4 bridgehead atoms. The number of thiophene rings is 1. The highest BCUT2D eigenvalue weighted by molar-refractivity contribution is 7.22. The monoisotopic (exact) mass is 1060 g/mol. The number of rotatable bonds is 12. The second-order valence-electron chi connectivity index (χ2n) is 19.3. The lowest BCUT2D eigenvalue weighted by Crippen LogP contribution is -2.49. The van der Waals surface area contributed by atoms with Gasteiger partial charge in [0, 0.05) is 73.9 Å². The fraction of sp³-hybridized carbons (Fsp3) is 0.463. The van der Waals surface area contributed by atoms with Crippen LogP contribution in [0.5, 0.6) is 23.1 Å². The van der Waals surface area contributed by atoms with Crippen LogP contribution in [0.3, 0.4) is 0 Å². The highest BCUT2D eigenvalue weighted by Crippen LogP contribution is 2.53. The Kier molecular flexibility index (Phi) is 16.2. The van der Waals surface area contributed by atoms with Gasteiger partial charge >= 0.3 is 5.97 Å². The third-order valence-corrected chi connectivity index (χ3v) is 16.3. The summed E-state index contributed by atoms with van der Waals surface area (Å²) in [6.45, 7) is 11.0. The van der Waals surface area contributed by atoms with E-state index in [-0.39, 0.29) is 37.5 Å². The predicted octanol–water partition coefficient (Wildman–Crippen LogP) is 9.62. The lowest BCUT2D eigenvalue weighted by Gasteiger charge is -2.35. The summed E-state index contributed by atoms with van der Waals surface area (Å²) in [5.41, 5.74) is 4.51. The van der Waals surface area contributed by atoms with Crippen molar-refractivity contribution in [2.45, 2.75) is 76.8 Å². The van der Waals surface area contributed by atoms with Crippen LogP contribution in [0.25, 0.3) is 31.8 Å². The Morgan fingerprint density at radius 1 is 0.890 bits per heavy atom. The number of aromatic nitrogens is 4. The molecule has 386 valence electrons. The zero-order chi connectivity index (χ0) is 50.6. The summed E-state index contributed by atoms with van der Waals surface area (Å²) in [6.07, 6.45) is 4.92. The van der Waals surface area contributed by atoms with Gasteiger partial charge in [0.2, 0.25) is 12.0 Å². The predicted molar refractivity (Wildman–Crippen MR) is 276 cm³/mol. The number of nitrogens with zero attached hydrogens (tertiary/aromatic N) is 6. The summed E-state index contributed by atoms with van der Waals surface area (Å²) < 4.78 is 58.2. The second kappa shape index (κ2) is 23.1. The molecule has 19 heteroatoms. The minimum absolute atomic E-state index is 0.00415. The molecular formula is C54H59Cl2FN6O9S. The van der Waals surface area contributed by atoms with Crippen LogP contribution in [-0.4, -0.2) is 139 Å². The second-order valence-corrected chi connectivity index (χ2v) is 21.1. The van der Waals surface area contributed by atoms with Gasteiger partial charge in [-0.2, -0.15) is 0 Å². The normalized spacial score (nSPS) is 22.0. The van der Waals surface area contributed by atoms with E-state index in [1.54, 1.807) is 36.5 Å². The molecular weight excluding hydrogens is 999 g/mol. The number of hydrogen-bond donors (Lipinski definition) is 1. The topological polar surface area (TPSA) is 160 Å². The molecule has 11 rings (SSSR count). The SMILES string of the molecule is Cc1c(Cl)c2c(Cl)c(C)c1-c1c(-c3ccc(F)cc3)sc3ncnc(c13)O[C@@H](C(=O)O)Cc1cc(ccc1OCc1ccnc(C3CCC(COC[C@@H]4COCCO4)CC3)n1)OCC(CN1CCN(C)CC1)O2. The van der Waals surface area contributed by atoms with Crippen LogP contribution in [0.1, 0.15) is 59.8 Å². The molecule has 3 fully saturated rings. The average molecular weight is 1060 g/mol. The van der Waals surface area contributed by atoms with Gasteiger partial charge in [0.15, 0.2) is 5.75 Å². The fourth-order valence-electron chi connectivity index (χ4n) is 10.1. The maximum Gasteiger partial charge on any atom is 0.345 e. The summed E-state index contributed by atoms with van der Waals surface area (Å²) in [6, 6.07) is 13.3. The van der Waals surface area contributed by atoms with E-state index >= 15 is 0 Å². The Bertz CT molecular complexity index is 2880. The van der Waals surface area contributed by atoms with E-state index in [2.05, 4.69) is 31.8 Å². The van der Waals surface area contributed by atoms with Crippen LogP contribution >= 0.6 is 34.5 Å². The zero-order valence-electron chi connectivity index (χ0n) is 41.1. The van der Waals surface area contributed by atoms with Crippen LogP contribution in [0.4, 0.5) is 4.39 Å². The molecule has 0 amide bonds. The number of aliphatic carboxylic acids is 1. The maximum atomic E-state index is 14.4. The molecule has 73 heavy (non-hydrogen) atoms. The Hall–Kier alpha value is -5.24. The number of halogens is 3. The van der Waals surface area contributed by atoms with Crippen molar-refractivity contribution in [3.05, 3.63) is 105 Å². The Balaban J connectivity index is 0.968. The summed E-state index contributed by atoms with van der Waals surface area (Å²) in [5, 5.41) is 12.0. The quantitative estimate of drug-likeness (QED) is 0.123. The molecule has 6 aromatic rings. The Labute approximate surface area is 437 Å². The third-order valence-electron chi connectivity index (χ3n) is 14.2. The van der Waals surface area contributed by atoms with Crippen molar-refractivity contribution in [1.82, 2.24) is 29.7 Å². The molecule has 15 nitrogen and oxygen atoms in total. The molecule has 3 atom stereocenters. The first-order valence-electron chi connectivity index (χ1n) is 24.9. The van der Waals surface area contributed by atoms with Crippen molar-refractivity contribution in [2.24, 2.45) is 5.92 Å². The van der Waals surface area contributed by atoms with Gasteiger partial charge in [-0.3, -0.25) is 4.90 Å². The minimum atomic E-state index is -1.46. The van der Waals surface area contributed by atoms with Gasteiger partial charge in [-0.1, -0.05) is 35.3 Å². The number of likely N-dealkylation sites (N-methyl/N-ethyl adjacent to an activating group) is 1. The van der Waals surface area contributed by atoms with Gasteiger partial charge in [0.1, 0.15) is 59.7 Å². The van der Waals surface area contributed by atoms with Gasteiger partial charge in [-0.15, -0.1) is 11.3 Å². The van der Waals surface area contributed by atoms with E-state index in [1.807, 2.05) is 19.9 Å². The number of hydrogen-bond acceptors (Lipinski definition) is 15. The molecule has 1 unspecified atom stereocenters. The van der Waals surface area contributed by atoms with E-state index in [1.165, 1.54) is 29.8 Å². The summed E-state index contributed by atoms with van der Waals surface area (Å²) in [7, 11) is 2.11. The standard InChI is InChI=1S/C54H59Cl2FN6O9S/c1-31-44-32(2)48(56)49(47(31)55)71-40(24-63-18-16-62(3)17-19-63)29-69-39-12-13-42(70-26-38-14-15-58-51(61-38)35-6-4-33(5-7-35)25-67-28-41-27-66-20-21-68-41)36(22-39)23-43(54(64)65)72-52-46-45(44)50(73-53(46)60-30-59-52)34-8-10-37(57)11-9-34/h8-15,22,30,33,35,40-41,43H,4-7,16-21,23-29H2,1-3H3,(H,64,65)/t33?,35?,40?,41-,43+/m0/s1. The molecule has 4 aliphatic heterocycles. The first-order chi connectivity index (χ1) is 35.4. The van der Waals surface area contributed by atoms with E-state index in [9.17, 15) is 14.3 Å². The summed E-state index contributed by atoms with van der Waals surface area (Å²) in [4.78, 5) is 38.1. The number of carboxylic acids is 1. The van der Waals surface area contributed by atoms with Crippen molar-refractivity contribution in [2.75, 3.05) is 79.4 Å². The molecule has 3 aromatic carbocycles. The van der Waals surface area contributed by atoms with Crippen molar-refractivity contribution < 1.29 is 47.4 Å². The van der Waals surface area contributed by atoms with Crippen LogP contribution in [0.15, 0.2) is 61.1 Å². The molecule has 1 N–H and O–H groups in total. The maximum absolute atomic E-state index is 14.4. The van der Waals surface area contributed by atoms with Gasteiger partial charge in [-0.25, -0.2) is 29.1 Å². The van der Waals surface area contributed by atoms with Crippen LogP contribution < -0.4 is 18.9 Å². The van der Waals surface area contributed by atoms with Crippen LogP contribution in [0.2, 0.25) is 10.0 Å². The molecule has 1 aliphatic carbocycles. The molecule has 3 aromatic heterocycles. The van der Waals surface area contributed by atoms with Gasteiger partial charge in [0.05, 0.1) is 47.6 Å². The van der Waals surface area contributed by atoms with Crippen molar-refractivity contribution in [1.29, 1.82) is 0 Å². The lowest BCUT2D eigenvalue weighted by atomic mass is 9.82. The number of ether oxygens (including phenoxy) is 7. The first kappa shape index (κ1) is 51.3. The number of fused-ring (bicyclic) bond motifs is 7. The number of benzene rings is 3. The van der Waals surface area contributed by atoms with Crippen molar-refractivity contribution in [3.8, 4) is 44.7 Å². The number of carbonyl (C=O) groups is 1. The van der Waals surface area contributed by atoms with Crippen LogP contribution in [0, 0.1) is 25.6 Å². The number of piperazine rings is 1. The lowest BCUT2D eigenvalue weighted by molar-refractivity contribution is -0.145. The summed E-state index contributed by atoms with van der Waals surface area (Å²) in [5.74, 6) is 1.10. The molecule has 0 spiro atoms. The molecule has 5 aliphatic rings. The summed E-state index contributed by atoms with van der Waals surface area (Å²) >= 11 is 16.0. The number of carboxylic acid groups (broad SMARTS) is 1. The largest absolute Gasteiger partial charge is 0.490 e. The van der Waals surface area contributed by atoms with Gasteiger partial charge in [0.25, 0.3) is 0 Å². The zero-order valence-corrected chi connectivity index (χ0v) is 43.4. The third kappa shape index (κ3) is 11.8. The van der Waals surface area contributed by atoms with Gasteiger partial charge < -0.3 is 43.2 Å². The van der Waals surface area contributed by atoms with Crippen LogP contribution in [-0.2, 0) is 32.0 Å². The highest BCUT2D eigenvalue weighted by atomic mass is 35.5. The molecule has 2 saturated heterocycles. The highest BCUT2D eigenvalue weighted by Gasteiger charge is 2.33. The van der Waals surface area contributed by atoms with Crippen molar-refractivity contribution >= 4 is 50.7 Å². The van der Waals surface area contributed by atoms with Gasteiger partial charge in [-0.05, 0) is 111 Å². The average Bonchev–Trinajstić information content (AvgIpc) is 3.79. The Morgan fingerprint density at radius 2 is 1.67 bits per heavy atom. The van der Waals surface area contributed by atoms with E-state index in [4.69, 9.17) is 61.3 Å². The minimum Gasteiger partial charge on any atom is -0.490 e. The Morgan fingerprint density at radius 3 is 2.41 bits per heavy atom. The fourth-order valence-corrected chi connectivity index (χ4v) is 11.8. The molecule has 1 saturated carbocycles. The van der Waals surface area contributed by atoms with Crippen molar-refractivity contribution in [3.63, 3.8) is 0 Å². The molecule has 0 radical (unpaired) electrons. The molecule has 7 heterocycles. The smallest absolute Gasteiger partial charge is 0.345 e. The van der Waals surface area contributed by atoms with E-state index in [0.29, 0.717) is 127 Å². The first-order valence-corrected chi connectivity index (χ1v) is 26.5. The van der Waals surface area contributed by atoms with E-state index in [0.717, 1.165) is 57.7 Å².